The van der Waals surface area contributed by atoms with Crippen LogP contribution in [0, 0.1) is 5.82 Å². The Balaban J connectivity index is 1.14. The standard InChI is InChI=1S/C29H26FN5O2S/c30-22-11-5-7-13-25(22)33-14-16-34(17-15-33)26(36)19-38-29-32-23-12-6-4-10-21(23)27-31-24(28(37)35(27)29)18-20-8-2-1-3-9-20/h1-13,24H,14-19H2/t24-/m0/s1. The molecule has 0 radical (unpaired) electrons. The maximum Gasteiger partial charge on any atom is 0.259 e. The normalized spacial score (nSPS) is 18.6. The second-order valence-electron chi connectivity index (χ2n) is 9.35. The molecule has 2 amide bonds. The Morgan fingerprint density at radius 2 is 1.63 bits per heavy atom. The molecule has 9 heteroatoms. The van der Waals surface area contributed by atoms with E-state index in [9.17, 15) is 14.0 Å². The minimum Gasteiger partial charge on any atom is -0.366 e. The number of amidine groups is 2. The van der Waals surface area contributed by atoms with E-state index in [0.29, 0.717) is 49.3 Å². The molecule has 1 atom stereocenters. The quantitative estimate of drug-likeness (QED) is 0.501. The van der Waals surface area contributed by atoms with Crippen LogP contribution in [0.1, 0.15) is 11.1 Å². The first kappa shape index (κ1) is 24.4. The van der Waals surface area contributed by atoms with Crippen molar-refractivity contribution in [2.75, 3.05) is 36.8 Å². The lowest BCUT2D eigenvalue weighted by Gasteiger charge is -2.36. The summed E-state index contributed by atoms with van der Waals surface area (Å²) in [4.78, 5) is 41.5. The third-order valence-corrected chi connectivity index (χ3v) is 7.89. The molecule has 1 saturated heterocycles. The van der Waals surface area contributed by atoms with Gasteiger partial charge in [0.05, 0.1) is 17.1 Å². The fraction of sp³-hybridized carbons (Fsp3) is 0.241. The van der Waals surface area contributed by atoms with E-state index in [1.54, 1.807) is 21.9 Å². The Bertz CT molecular complexity index is 1440. The molecule has 3 aliphatic heterocycles. The van der Waals surface area contributed by atoms with E-state index >= 15 is 0 Å². The monoisotopic (exact) mass is 527 g/mol. The lowest BCUT2D eigenvalue weighted by Crippen LogP contribution is -2.50. The van der Waals surface area contributed by atoms with Gasteiger partial charge in [0.1, 0.15) is 17.7 Å². The molecular formula is C29H26FN5O2S. The fourth-order valence-corrected chi connectivity index (χ4v) is 5.90. The number of hydrogen-bond donors (Lipinski definition) is 0. The van der Waals surface area contributed by atoms with Crippen LogP contribution in [0.4, 0.5) is 15.8 Å². The minimum absolute atomic E-state index is 0.0317. The topological polar surface area (TPSA) is 68.6 Å². The molecule has 192 valence electrons. The van der Waals surface area contributed by atoms with Crippen molar-refractivity contribution in [3.05, 3.63) is 95.8 Å². The summed E-state index contributed by atoms with van der Waals surface area (Å²) in [6.45, 7) is 2.15. The molecule has 38 heavy (non-hydrogen) atoms. The van der Waals surface area contributed by atoms with Crippen LogP contribution in [0.15, 0.2) is 88.8 Å². The van der Waals surface area contributed by atoms with Crippen molar-refractivity contribution in [3.8, 4) is 0 Å². The van der Waals surface area contributed by atoms with Crippen molar-refractivity contribution in [1.29, 1.82) is 0 Å². The molecule has 3 heterocycles. The number of para-hydroxylation sites is 2. The Morgan fingerprint density at radius 1 is 0.921 bits per heavy atom. The summed E-state index contributed by atoms with van der Waals surface area (Å²) in [7, 11) is 0. The molecule has 3 aromatic carbocycles. The van der Waals surface area contributed by atoms with E-state index in [4.69, 9.17) is 9.98 Å². The average Bonchev–Trinajstić information content (AvgIpc) is 3.28. The highest BCUT2D eigenvalue weighted by Crippen LogP contribution is 2.34. The van der Waals surface area contributed by atoms with E-state index in [-0.39, 0.29) is 23.4 Å². The van der Waals surface area contributed by atoms with Crippen molar-refractivity contribution in [2.45, 2.75) is 12.5 Å². The second kappa shape index (κ2) is 10.4. The number of nitrogens with zero attached hydrogens (tertiary/aromatic N) is 5. The molecule has 0 aliphatic carbocycles. The van der Waals surface area contributed by atoms with Gasteiger partial charge in [-0.15, -0.1) is 0 Å². The van der Waals surface area contributed by atoms with E-state index < -0.39 is 6.04 Å². The Kier molecular flexibility index (Phi) is 6.68. The van der Waals surface area contributed by atoms with Gasteiger partial charge in [0.15, 0.2) is 5.17 Å². The first-order chi connectivity index (χ1) is 18.6. The zero-order valence-corrected chi connectivity index (χ0v) is 21.5. The number of halogens is 1. The van der Waals surface area contributed by atoms with Gasteiger partial charge in [-0.1, -0.05) is 66.4 Å². The van der Waals surface area contributed by atoms with Gasteiger partial charge in [-0.25, -0.2) is 14.3 Å². The van der Waals surface area contributed by atoms with Crippen LogP contribution < -0.4 is 4.90 Å². The number of aliphatic imine (C=N–C) groups is 2. The first-order valence-electron chi connectivity index (χ1n) is 12.6. The Hall–Kier alpha value is -3.98. The highest BCUT2D eigenvalue weighted by atomic mass is 32.2. The number of thioether (sulfide) groups is 1. The van der Waals surface area contributed by atoms with Crippen molar-refractivity contribution in [3.63, 3.8) is 0 Å². The highest BCUT2D eigenvalue weighted by Gasteiger charge is 2.41. The molecule has 0 aromatic heterocycles. The fourth-order valence-electron chi connectivity index (χ4n) is 4.99. The first-order valence-corrected chi connectivity index (χ1v) is 13.6. The molecule has 6 rings (SSSR count). The van der Waals surface area contributed by atoms with Gasteiger partial charge in [0.2, 0.25) is 5.91 Å². The summed E-state index contributed by atoms with van der Waals surface area (Å²) in [6, 6.07) is 23.6. The summed E-state index contributed by atoms with van der Waals surface area (Å²) in [5.41, 5.74) is 3.16. The van der Waals surface area contributed by atoms with Gasteiger partial charge < -0.3 is 9.80 Å². The van der Waals surface area contributed by atoms with Gasteiger partial charge in [-0.3, -0.25) is 14.6 Å². The average molecular weight is 528 g/mol. The van der Waals surface area contributed by atoms with Gasteiger partial charge in [0.25, 0.3) is 5.91 Å². The maximum absolute atomic E-state index is 14.2. The molecule has 0 bridgehead atoms. The summed E-state index contributed by atoms with van der Waals surface area (Å²) in [5.74, 6) is 0.333. The molecule has 0 saturated carbocycles. The number of carbonyl (C=O) groups is 2. The van der Waals surface area contributed by atoms with Crippen LogP contribution in [0.5, 0.6) is 0 Å². The summed E-state index contributed by atoms with van der Waals surface area (Å²) >= 11 is 1.26. The van der Waals surface area contributed by atoms with E-state index in [1.165, 1.54) is 17.8 Å². The molecule has 7 nitrogen and oxygen atoms in total. The van der Waals surface area contributed by atoms with Crippen LogP contribution in [-0.2, 0) is 16.0 Å². The third-order valence-electron chi connectivity index (χ3n) is 6.97. The summed E-state index contributed by atoms with van der Waals surface area (Å²) < 4.78 is 14.2. The van der Waals surface area contributed by atoms with E-state index in [2.05, 4.69) is 0 Å². The lowest BCUT2D eigenvalue weighted by atomic mass is 10.1. The number of rotatable bonds is 5. The van der Waals surface area contributed by atoms with Crippen LogP contribution in [-0.4, -0.2) is 70.6 Å². The number of piperazine rings is 1. The molecule has 0 spiro atoms. The Labute approximate surface area is 224 Å². The van der Waals surface area contributed by atoms with Crippen LogP contribution in [0.2, 0.25) is 0 Å². The molecule has 0 unspecified atom stereocenters. The van der Waals surface area contributed by atoms with Gasteiger partial charge in [-0.2, -0.15) is 0 Å². The number of amides is 2. The van der Waals surface area contributed by atoms with Crippen LogP contribution >= 0.6 is 11.8 Å². The van der Waals surface area contributed by atoms with Crippen molar-refractivity contribution < 1.29 is 14.0 Å². The highest BCUT2D eigenvalue weighted by molar-refractivity contribution is 8.14. The number of carbonyl (C=O) groups excluding carboxylic acids is 2. The zero-order valence-electron chi connectivity index (χ0n) is 20.7. The SMILES string of the molecule is O=C(CSC1=Nc2ccccc2C2=N[C@@H](Cc3ccccc3)C(=O)N12)N1CCN(c2ccccc2F)CC1. The van der Waals surface area contributed by atoms with E-state index in [0.717, 1.165) is 16.8 Å². The number of benzene rings is 3. The van der Waals surface area contributed by atoms with Crippen molar-refractivity contribution >= 4 is 46.0 Å². The van der Waals surface area contributed by atoms with Gasteiger partial charge >= 0.3 is 0 Å². The summed E-state index contributed by atoms with van der Waals surface area (Å²) in [6.07, 6.45) is 0.505. The predicted molar refractivity (Wildman–Crippen MR) is 149 cm³/mol. The molecule has 3 aliphatic rings. The van der Waals surface area contributed by atoms with Gasteiger partial charge in [0, 0.05) is 38.2 Å². The van der Waals surface area contributed by atoms with E-state index in [1.807, 2.05) is 65.6 Å². The largest absolute Gasteiger partial charge is 0.366 e. The molecular weight excluding hydrogens is 501 g/mol. The van der Waals surface area contributed by atoms with Gasteiger partial charge in [-0.05, 0) is 29.8 Å². The predicted octanol–water partition coefficient (Wildman–Crippen LogP) is 4.11. The van der Waals surface area contributed by atoms with Crippen molar-refractivity contribution in [1.82, 2.24) is 9.80 Å². The summed E-state index contributed by atoms with van der Waals surface area (Å²) in [5, 5.41) is 0.473. The molecule has 0 N–H and O–H groups in total. The third kappa shape index (κ3) is 4.69. The Morgan fingerprint density at radius 3 is 2.42 bits per heavy atom. The van der Waals surface area contributed by atoms with Crippen molar-refractivity contribution in [2.24, 2.45) is 9.98 Å². The van der Waals surface area contributed by atoms with Crippen LogP contribution in [0.3, 0.4) is 0 Å². The lowest BCUT2D eigenvalue weighted by molar-refractivity contribution is -0.128. The molecule has 1 fully saturated rings. The number of hydrogen-bond acceptors (Lipinski definition) is 6. The number of fused-ring (bicyclic) bond motifs is 3. The second-order valence-corrected chi connectivity index (χ2v) is 10.3. The molecule has 3 aromatic rings. The number of anilines is 1. The zero-order chi connectivity index (χ0) is 26.1. The smallest absolute Gasteiger partial charge is 0.259 e. The minimum atomic E-state index is -0.536. The van der Waals surface area contributed by atoms with Crippen LogP contribution in [0.25, 0.3) is 0 Å². The maximum atomic E-state index is 14.2.